The quantitative estimate of drug-likeness (QED) is 0.354. The van der Waals surface area contributed by atoms with E-state index in [1.165, 1.54) is 12.1 Å². The first kappa shape index (κ1) is 23.6. The van der Waals surface area contributed by atoms with Crippen molar-refractivity contribution >= 4 is 29.6 Å². The maximum absolute atomic E-state index is 13.3. The molecule has 0 radical (unpaired) electrons. The van der Waals surface area contributed by atoms with Crippen LogP contribution in [0.2, 0.25) is 0 Å². The van der Waals surface area contributed by atoms with Gasteiger partial charge in [0.25, 0.3) is 11.8 Å². The predicted octanol–water partition coefficient (Wildman–Crippen LogP) is 3.89. The Bertz CT molecular complexity index is 1120. The molecule has 0 atom stereocenters. The third-order valence-electron chi connectivity index (χ3n) is 4.86. The Morgan fingerprint density at radius 2 is 1.73 bits per heavy atom. The molecule has 3 rings (SSSR count). The van der Waals surface area contributed by atoms with Crippen LogP contribution < -0.4 is 24.4 Å². The van der Waals surface area contributed by atoms with E-state index < -0.39 is 17.8 Å². The van der Waals surface area contributed by atoms with Gasteiger partial charge in [-0.3, -0.25) is 14.9 Å². The molecule has 0 unspecified atom stereocenters. The van der Waals surface area contributed by atoms with Gasteiger partial charge in [-0.15, -0.1) is 6.58 Å². The van der Waals surface area contributed by atoms with Crippen LogP contribution in [0.25, 0.3) is 6.08 Å². The first-order chi connectivity index (χ1) is 15.9. The lowest BCUT2D eigenvalue weighted by Crippen LogP contribution is -2.54. The number of hydrogen-bond donors (Lipinski definition) is 1. The molecule has 1 fully saturated rings. The number of hydrogen-bond acceptors (Lipinski definition) is 6. The second-order valence-corrected chi connectivity index (χ2v) is 7.02. The van der Waals surface area contributed by atoms with Crippen molar-refractivity contribution in [3.8, 4) is 17.2 Å². The minimum Gasteiger partial charge on any atom is -0.496 e. The average Bonchev–Trinajstić information content (AvgIpc) is 2.79. The first-order valence-corrected chi connectivity index (χ1v) is 10.5. The number of benzene rings is 2. The smallest absolute Gasteiger partial charge is 0.336 e. The third-order valence-corrected chi connectivity index (χ3v) is 4.86. The van der Waals surface area contributed by atoms with Crippen LogP contribution >= 0.6 is 0 Å². The number of urea groups is 1. The summed E-state index contributed by atoms with van der Waals surface area (Å²) in [5, 5.41) is 2.23. The summed E-state index contributed by atoms with van der Waals surface area (Å²) in [7, 11) is 1.56. The molecule has 2 aromatic rings. The van der Waals surface area contributed by atoms with E-state index in [0.29, 0.717) is 42.4 Å². The van der Waals surface area contributed by atoms with Gasteiger partial charge in [-0.25, -0.2) is 9.69 Å². The van der Waals surface area contributed by atoms with Gasteiger partial charge >= 0.3 is 6.03 Å². The molecule has 0 aromatic heterocycles. The minimum atomic E-state index is -0.862. The number of barbiturate groups is 1. The van der Waals surface area contributed by atoms with Crippen LogP contribution in [-0.4, -0.2) is 38.2 Å². The molecule has 1 aliphatic rings. The monoisotopic (exact) mass is 450 g/mol. The van der Waals surface area contributed by atoms with E-state index in [1.807, 2.05) is 6.92 Å². The summed E-state index contributed by atoms with van der Waals surface area (Å²) in [6.45, 7) is 8.08. The number of allylic oxidation sites excluding steroid dienone is 1. The number of methoxy groups -OCH3 is 1. The Balaban J connectivity index is 2.06. The fraction of sp³-hybridized carbons (Fsp3) is 0.240. The Labute approximate surface area is 192 Å². The number of nitrogens with one attached hydrogen (secondary N) is 1. The topological polar surface area (TPSA) is 94.2 Å². The van der Waals surface area contributed by atoms with Gasteiger partial charge < -0.3 is 14.2 Å². The summed E-state index contributed by atoms with van der Waals surface area (Å²) in [6.07, 6.45) is 3.72. The second kappa shape index (κ2) is 10.5. The lowest BCUT2D eigenvalue weighted by molar-refractivity contribution is -0.122. The average molecular weight is 450 g/mol. The van der Waals surface area contributed by atoms with Gasteiger partial charge in [0.05, 0.1) is 26.0 Å². The second-order valence-electron chi connectivity index (χ2n) is 7.02. The number of ether oxygens (including phenoxy) is 3. The van der Waals surface area contributed by atoms with E-state index in [2.05, 4.69) is 11.9 Å². The zero-order valence-electron chi connectivity index (χ0n) is 18.8. The van der Waals surface area contributed by atoms with Crippen LogP contribution in [0.5, 0.6) is 17.2 Å². The molecule has 1 saturated heterocycles. The number of nitrogens with zero attached hydrogens (tertiary/aromatic N) is 1. The number of anilines is 1. The van der Waals surface area contributed by atoms with E-state index in [4.69, 9.17) is 14.2 Å². The summed E-state index contributed by atoms with van der Waals surface area (Å²) in [5.74, 6) is -0.0952. The molecule has 8 nitrogen and oxygen atoms in total. The lowest BCUT2D eigenvalue weighted by Gasteiger charge is -2.28. The summed E-state index contributed by atoms with van der Waals surface area (Å²) in [4.78, 5) is 39.5. The number of carbonyl (C=O) groups is 3. The largest absolute Gasteiger partial charge is 0.496 e. The Morgan fingerprint density at radius 1 is 1.00 bits per heavy atom. The van der Waals surface area contributed by atoms with Gasteiger partial charge in [0.1, 0.15) is 22.8 Å². The molecule has 1 aliphatic heterocycles. The van der Waals surface area contributed by atoms with Crippen molar-refractivity contribution in [1.29, 1.82) is 0 Å². The first-order valence-electron chi connectivity index (χ1n) is 10.5. The summed E-state index contributed by atoms with van der Waals surface area (Å²) in [6, 6.07) is 9.25. The van der Waals surface area contributed by atoms with E-state index in [-0.39, 0.29) is 11.3 Å². The molecule has 0 bridgehead atoms. The highest BCUT2D eigenvalue weighted by molar-refractivity contribution is 6.39. The van der Waals surface area contributed by atoms with E-state index in [0.717, 1.165) is 10.5 Å². The third kappa shape index (κ3) is 5.06. The van der Waals surface area contributed by atoms with Crippen molar-refractivity contribution in [1.82, 2.24) is 5.32 Å². The summed E-state index contributed by atoms with van der Waals surface area (Å²) >= 11 is 0. The van der Waals surface area contributed by atoms with Crippen molar-refractivity contribution in [2.75, 3.05) is 25.2 Å². The van der Waals surface area contributed by atoms with Crippen LogP contribution in [0, 0.1) is 0 Å². The highest BCUT2D eigenvalue weighted by Gasteiger charge is 2.38. The van der Waals surface area contributed by atoms with E-state index >= 15 is 0 Å². The van der Waals surface area contributed by atoms with Gasteiger partial charge in [-0.05, 0) is 61.7 Å². The standard InChI is InChI=1S/C25H26N2O6/c1-5-8-17-13-16(9-11-21(17)31-4)14-19-23(28)26-25(30)27(24(19)29)20-15-18(32-6-2)10-12-22(20)33-7-3/h5,9-15H,1,6-8H2,2-4H3,(H,26,28,30)/b19-14+. The van der Waals surface area contributed by atoms with Crippen LogP contribution in [0.3, 0.4) is 0 Å². The number of amides is 4. The van der Waals surface area contributed by atoms with E-state index in [1.54, 1.807) is 50.4 Å². The zero-order chi connectivity index (χ0) is 24.0. The van der Waals surface area contributed by atoms with Crippen LogP contribution in [0.4, 0.5) is 10.5 Å². The zero-order valence-corrected chi connectivity index (χ0v) is 18.8. The Morgan fingerprint density at radius 3 is 2.39 bits per heavy atom. The maximum Gasteiger partial charge on any atom is 0.336 e. The molecule has 0 saturated carbocycles. The summed E-state index contributed by atoms with van der Waals surface area (Å²) in [5.41, 5.74) is 1.45. The fourth-order valence-corrected chi connectivity index (χ4v) is 3.45. The van der Waals surface area contributed by atoms with Gasteiger partial charge in [-0.2, -0.15) is 0 Å². The van der Waals surface area contributed by atoms with Gasteiger partial charge in [-0.1, -0.05) is 12.1 Å². The number of rotatable bonds is 9. The molecule has 8 heteroatoms. The van der Waals surface area contributed by atoms with Crippen molar-refractivity contribution in [2.45, 2.75) is 20.3 Å². The number of imide groups is 2. The molecule has 4 amide bonds. The van der Waals surface area contributed by atoms with Crippen molar-refractivity contribution < 1.29 is 28.6 Å². The SMILES string of the molecule is C=CCc1cc(/C=C2\C(=O)NC(=O)N(c3cc(OCC)ccc3OCC)C2=O)ccc1OC. The van der Waals surface area contributed by atoms with Gasteiger partial charge in [0.2, 0.25) is 0 Å². The number of carbonyl (C=O) groups excluding carboxylic acids is 3. The lowest BCUT2D eigenvalue weighted by atomic mass is 10.0. The molecule has 1 heterocycles. The molecular weight excluding hydrogens is 424 g/mol. The molecule has 0 spiro atoms. The molecule has 1 N–H and O–H groups in total. The van der Waals surface area contributed by atoms with Crippen LogP contribution in [-0.2, 0) is 16.0 Å². The maximum atomic E-state index is 13.3. The van der Waals surface area contributed by atoms with Gasteiger partial charge in [0.15, 0.2) is 0 Å². The van der Waals surface area contributed by atoms with Gasteiger partial charge in [0, 0.05) is 6.07 Å². The van der Waals surface area contributed by atoms with Crippen molar-refractivity contribution in [2.24, 2.45) is 0 Å². The summed E-state index contributed by atoms with van der Waals surface area (Å²) < 4.78 is 16.5. The molecule has 172 valence electrons. The Hall–Kier alpha value is -4.07. The Kier molecular flexibility index (Phi) is 7.50. The highest BCUT2D eigenvalue weighted by Crippen LogP contribution is 2.35. The van der Waals surface area contributed by atoms with Crippen LogP contribution in [0.15, 0.2) is 54.6 Å². The van der Waals surface area contributed by atoms with E-state index in [9.17, 15) is 14.4 Å². The minimum absolute atomic E-state index is 0.186. The molecule has 2 aromatic carbocycles. The predicted molar refractivity (Wildman–Crippen MR) is 125 cm³/mol. The molecular formula is C25H26N2O6. The normalized spacial score (nSPS) is 14.8. The molecule has 33 heavy (non-hydrogen) atoms. The van der Waals surface area contributed by atoms with Crippen molar-refractivity contribution in [3.05, 3.63) is 65.8 Å². The molecule has 0 aliphatic carbocycles. The fourth-order valence-electron chi connectivity index (χ4n) is 3.45. The van der Waals surface area contributed by atoms with Crippen LogP contribution in [0.1, 0.15) is 25.0 Å². The highest BCUT2D eigenvalue weighted by atomic mass is 16.5. The van der Waals surface area contributed by atoms with Crippen molar-refractivity contribution in [3.63, 3.8) is 0 Å².